The van der Waals surface area contributed by atoms with E-state index in [1.165, 1.54) is 4.90 Å². The van der Waals surface area contributed by atoms with E-state index >= 15 is 0 Å². The van der Waals surface area contributed by atoms with Gasteiger partial charge in [-0.3, -0.25) is 33.7 Å². The van der Waals surface area contributed by atoms with Gasteiger partial charge in [0, 0.05) is 57.7 Å². The molecule has 25 heteroatoms. The monoisotopic (exact) mass is 1020 g/mol. The summed E-state index contributed by atoms with van der Waals surface area (Å²) in [5.74, 6) is -1.82. The number of aliphatic hydroxyl groups is 8. The molecule has 404 valence electrons. The second-order valence-corrected chi connectivity index (χ2v) is 17.4. The minimum absolute atomic E-state index is 0.0666. The summed E-state index contributed by atoms with van der Waals surface area (Å²) >= 11 is 0. The molecule has 0 unspecified atom stereocenters. The molecule has 2 fully saturated rings. The zero-order chi connectivity index (χ0) is 52.0. The van der Waals surface area contributed by atoms with Crippen LogP contribution in [0.3, 0.4) is 0 Å². The zero-order valence-electron chi connectivity index (χ0n) is 40.2. The molecule has 1 aromatic carbocycles. The molecule has 71 heavy (non-hydrogen) atoms. The number of benzene rings is 1. The number of unbranched alkanes of at least 4 members (excludes halogenated alkanes) is 6. The number of hydrogen-bond acceptors (Lipinski definition) is 19. The molecule has 0 radical (unpaired) electrons. The lowest BCUT2D eigenvalue weighted by atomic mass is 9.99. The number of rotatable bonds is 35. The molecular weight excluding hydrogens is 939 g/mol. The van der Waals surface area contributed by atoms with Crippen molar-refractivity contribution in [1.29, 1.82) is 0 Å². The standard InChI is InChI=1S/C46H77N7O18/c54-28-31-39(62)41(64)43(66)45(70-31)68-23-21-50-33(56)15-7-2-10-18-47-36(59)25-53(27-38(61)49-20-12-4-9-17-35(58)52-30-13-5-1-6-14-30)26-37(60)48-19-11-3-8-16-34(57)51-22-24-69-46-44(67)42(65)40(63)32(29-55)71-46/h1,5-6,13-14,31-32,39-46,54-55,62-67H,2-4,7-12,15-29H2,(H,47,59)(H,48,60)(H,49,61)(H,50,56)(H,51,57)(H,52,58)/t31-,32-,39-,40-,41+,42+,43+,44+,45+,46+/m1/s1. The quantitative estimate of drug-likeness (QED) is 0.0287. The number of carbonyl (C=O) groups excluding carboxylic acids is 6. The zero-order valence-corrected chi connectivity index (χ0v) is 40.2. The minimum atomic E-state index is -1.57. The fourth-order valence-corrected chi connectivity index (χ4v) is 7.45. The third-order valence-corrected chi connectivity index (χ3v) is 11.5. The number of nitrogens with zero attached hydrogens (tertiary/aromatic N) is 1. The average Bonchev–Trinajstić information content (AvgIpc) is 3.34. The van der Waals surface area contributed by atoms with E-state index in [4.69, 9.17) is 18.9 Å². The van der Waals surface area contributed by atoms with Crippen LogP contribution in [-0.2, 0) is 47.7 Å². The van der Waals surface area contributed by atoms with E-state index in [1.807, 2.05) is 18.2 Å². The van der Waals surface area contributed by atoms with Gasteiger partial charge in [0.25, 0.3) is 0 Å². The van der Waals surface area contributed by atoms with Crippen LogP contribution in [0.2, 0.25) is 0 Å². The summed E-state index contributed by atoms with van der Waals surface area (Å²) in [6.07, 6.45) is -8.06. The lowest BCUT2D eigenvalue weighted by Gasteiger charge is -2.39. The predicted molar refractivity (Wildman–Crippen MR) is 251 cm³/mol. The Kier molecular flexibility index (Phi) is 29.8. The van der Waals surface area contributed by atoms with E-state index in [9.17, 15) is 69.6 Å². The van der Waals surface area contributed by atoms with Crippen molar-refractivity contribution in [3.63, 3.8) is 0 Å². The largest absolute Gasteiger partial charge is 0.394 e. The molecule has 0 spiro atoms. The van der Waals surface area contributed by atoms with Crippen molar-refractivity contribution < 1.29 is 88.6 Å². The maximum Gasteiger partial charge on any atom is 0.234 e. The number of anilines is 1. The molecule has 25 nitrogen and oxygen atoms in total. The third-order valence-electron chi connectivity index (χ3n) is 11.5. The molecule has 1 aromatic rings. The number of aliphatic hydroxyl groups excluding tert-OH is 8. The van der Waals surface area contributed by atoms with E-state index in [-0.39, 0.29) is 95.5 Å². The summed E-state index contributed by atoms with van der Waals surface area (Å²) in [7, 11) is 0. The van der Waals surface area contributed by atoms with E-state index in [1.54, 1.807) is 12.1 Å². The second-order valence-electron chi connectivity index (χ2n) is 17.4. The first-order chi connectivity index (χ1) is 34.1. The van der Waals surface area contributed by atoms with Crippen molar-refractivity contribution in [2.45, 2.75) is 138 Å². The Labute approximate surface area is 413 Å². The smallest absolute Gasteiger partial charge is 0.234 e. The van der Waals surface area contributed by atoms with Crippen LogP contribution in [0, 0.1) is 0 Å². The van der Waals surface area contributed by atoms with Crippen molar-refractivity contribution in [2.75, 3.05) is 84.1 Å². The summed E-state index contributed by atoms with van der Waals surface area (Å²) in [6.45, 7) is -0.960. The second kappa shape index (κ2) is 34.8. The van der Waals surface area contributed by atoms with Crippen molar-refractivity contribution in [3.8, 4) is 0 Å². The first-order valence-electron chi connectivity index (χ1n) is 24.4. The van der Waals surface area contributed by atoms with Gasteiger partial charge in [-0.05, 0) is 50.7 Å². The lowest BCUT2D eigenvalue weighted by Crippen LogP contribution is -2.59. The van der Waals surface area contributed by atoms with Gasteiger partial charge >= 0.3 is 0 Å². The molecule has 3 rings (SSSR count). The summed E-state index contributed by atoms with van der Waals surface area (Å²) in [5.41, 5.74) is 0.717. The molecule has 6 amide bonds. The van der Waals surface area contributed by atoms with Gasteiger partial charge in [0.05, 0.1) is 46.1 Å². The molecule has 0 saturated carbocycles. The molecule has 14 N–H and O–H groups in total. The van der Waals surface area contributed by atoms with E-state index in [2.05, 4.69) is 31.9 Å². The SMILES string of the molecule is O=C(CCCCCNC(=O)CN(CC(=O)NCCCCCC(=O)NCCO[C@H]1O[C@H](CO)[C@@H](O)[C@H](O)[C@@H]1O)CC(=O)NCCCCCC(=O)Nc1ccccc1)NCCO[C@H]1O[C@H](CO)[C@@H](O)[C@H](O)[C@@H]1O. The molecule has 0 bridgehead atoms. The van der Waals surface area contributed by atoms with Crippen LogP contribution in [-0.4, -0.2) is 221 Å². The van der Waals surface area contributed by atoms with Crippen molar-refractivity contribution in [3.05, 3.63) is 30.3 Å². The van der Waals surface area contributed by atoms with Gasteiger partial charge in [-0.1, -0.05) is 37.5 Å². The van der Waals surface area contributed by atoms with Gasteiger partial charge in [-0.2, -0.15) is 0 Å². The normalized spacial score (nSPS) is 24.2. The van der Waals surface area contributed by atoms with E-state index in [0.717, 1.165) is 5.69 Å². The molecule has 0 aliphatic carbocycles. The maximum absolute atomic E-state index is 12.9. The third kappa shape index (κ3) is 24.2. The summed E-state index contributed by atoms with van der Waals surface area (Å²) in [4.78, 5) is 77.0. The number of amides is 6. The number of hydrogen-bond donors (Lipinski definition) is 14. The van der Waals surface area contributed by atoms with Crippen LogP contribution in [0.15, 0.2) is 30.3 Å². The Balaban J connectivity index is 1.31. The van der Waals surface area contributed by atoms with Gasteiger partial charge in [0.2, 0.25) is 35.4 Å². The average molecular weight is 1020 g/mol. The van der Waals surface area contributed by atoms with Gasteiger partial charge in [-0.25, -0.2) is 0 Å². The van der Waals surface area contributed by atoms with E-state index in [0.29, 0.717) is 70.8 Å². The number of carbonyl (C=O) groups is 6. The van der Waals surface area contributed by atoms with Gasteiger partial charge < -0.3 is 91.7 Å². The predicted octanol–water partition coefficient (Wildman–Crippen LogP) is -4.18. The fraction of sp³-hybridized carbons (Fsp3) is 0.739. The van der Waals surface area contributed by atoms with Crippen LogP contribution in [0.4, 0.5) is 5.69 Å². The highest BCUT2D eigenvalue weighted by Crippen LogP contribution is 2.23. The maximum atomic E-state index is 12.9. The Morgan fingerprint density at radius 3 is 1.20 bits per heavy atom. The Hall–Kier alpha value is -4.48. The molecule has 2 saturated heterocycles. The number of nitrogens with one attached hydrogen (secondary N) is 6. The molecule has 2 aliphatic heterocycles. The highest BCUT2D eigenvalue weighted by molar-refractivity contribution is 5.90. The summed E-state index contributed by atoms with van der Waals surface area (Å²) < 4.78 is 21.3. The lowest BCUT2D eigenvalue weighted by molar-refractivity contribution is -0.300. The number of para-hydroxylation sites is 1. The molecular formula is C46H77N7O18. The van der Waals surface area contributed by atoms with Crippen LogP contribution < -0.4 is 31.9 Å². The topological polar surface area (TPSA) is 377 Å². The molecule has 0 aromatic heterocycles. The molecule has 10 atom stereocenters. The summed E-state index contributed by atoms with van der Waals surface area (Å²) in [5, 5.41) is 94.7. The van der Waals surface area contributed by atoms with Gasteiger partial charge in [0.1, 0.15) is 48.8 Å². The van der Waals surface area contributed by atoms with Crippen molar-refractivity contribution in [2.24, 2.45) is 0 Å². The van der Waals surface area contributed by atoms with Gasteiger partial charge in [-0.15, -0.1) is 0 Å². The van der Waals surface area contributed by atoms with Crippen LogP contribution in [0.25, 0.3) is 0 Å². The number of ether oxygens (including phenoxy) is 4. The van der Waals surface area contributed by atoms with Crippen molar-refractivity contribution in [1.82, 2.24) is 31.5 Å². The van der Waals surface area contributed by atoms with Crippen LogP contribution in [0.1, 0.15) is 77.0 Å². The highest BCUT2D eigenvalue weighted by atomic mass is 16.7. The first-order valence-corrected chi connectivity index (χ1v) is 24.4. The first kappa shape index (κ1) is 60.8. The van der Waals surface area contributed by atoms with Crippen LogP contribution >= 0.6 is 0 Å². The highest BCUT2D eigenvalue weighted by Gasteiger charge is 2.45. The summed E-state index contributed by atoms with van der Waals surface area (Å²) in [6, 6.07) is 9.12. The van der Waals surface area contributed by atoms with Crippen LogP contribution in [0.5, 0.6) is 0 Å². The molecule has 2 aliphatic rings. The molecule has 2 heterocycles. The minimum Gasteiger partial charge on any atom is -0.394 e. The fourth-order valence-electron chi connectivity index (χ4n) is 7.45. The van der Waals surface area contributed by atoms with Gasteiger partial charge in [0.15, 0.2) is 12.6 Å². The Morgan fingerprint density at radius 1 is 0.451 bits per heavy atom. The Bertz CT molecular complexity index is 1640. The van der Waals surface area contributed by atoms with Crippen molar-refractivity contribution >= 4 is 41.1 Å². The Morgan fingerprint density at radius 2 is 0.817 bits per heavy atom. The van der Waals surface area contributed by atoms with E-state index < -0.39 is 86.4 Å².